The minimum atomic E-state index is -0.737. The Labute approximate surface area is 238 Å². The molecular weight excluding hydrogens is 524 g/mol. The lowest BCUT2D eigenvalue weighted by Crippen LogP contribution is -2.32. The molecule has 41 heavy (non-hydrogen) atoms. The summed E-state index contributed by atoms with van der Waals surface area (Å²) in [5.74, 6) is -1.60. The summed E-state index contributed by atoms with van der Waals surface area (Å²) in [4.78, 5) is 22.7. The highest BCUT2D eigenvalue weighted by molar-refractivity contribution is 5.65. The monoisotopic (exact) mass is 557 g/mol. The number of hydrogen-bond donors (Lipinski definition) is 1. The summed E-state index contributed by atoms with van der Waals surface area (Å²) < 4.78 is 29.8. The van der Waals surface area contributed by atoms with Crippen molar-refractivity contribution in [1.82, 2.24) is 19.5 Å². The zero-order valence-corrected chi connectivity index (χ0v) is 23.4. The van der Waals surface area contributed by atoms with Crippen LogP contribution in [0.4, 0.5) is 8.78 Å². The average Bonchev–Trinajstić information content (AvgIpc) is 2.95. The third-order valence-corrected chi connectivity index (χ3v) is 6.96. The van der Waals surface area contributed by atoms with Crippen molar-refractivity contribution in [1.29, 1.82) is 0 Å². The maximum atomic E-state index is 14.2. The number of rotatable bonds is 11. The first kappa shape index (κ1) is 29.3. The standard InChI is InChI=1S/C32H33F2N5O2/c1-5-29(24-18-25(33)20-26(34)19-24)39-30(10-8-16-38(6-2)35-4)37-31(40)28(32(39)41)17-22-11-13-23(14-12-22)27-9-7-15-36-21(27)3/h7-9,11-16,18-20,29,40H,4-6,10,17H2,1-3H3/b16-8-/t29-/m0/s1. The van der Waals surface area contributed by atoms with Gasteiger partial charge in [0.15, 0.2) is 0 Å². The van der Waals surface area contributed by atoms with Crippen LogP contribution in [0.2, 0.25) is 0 Å². The van der Waals surface area contributed by atoms with Gasteiger partial charge in [-0.1, -0.05) is 43.3 Å². The molecule has 0 bridgehead atoms. The minimum Gasteiger partial charge on any atom is -0.493 e. The number of halogens is 2. The Bertz CT molecular complexity index is 1600. The Balaban J connectivity index is 1.78. The maximum absolute atomic E-state index is 14.2. The Morgan fingerprint density at radius 3 is 2.44 bits per heavy atom. The van der Waals surface area contributed by atoms with Crippen molar-refractivity contribution in [2.45, 2.75) is 46.1 Å². The van der Waals surface area contributed by atoms with Crippen molar-refractivity contribution >= 4 is 6.72 Å². The number of aromatic hydroxyl groups is 1. The number of allylic oxidation sites excluding steroid dienone is 1. The highest BCUT2D eigenvalue weighted by atomic mass is 19.1. The Kier molecular flexibility index (Phi) is 9.39. The van der Waals surface area contributed by atoms with Gasteiger partial charge in [-0.15, -0.1) is 0 Å². The number of hydrazone groups is 1. The molecule has 9 heteroatoms. The lowest BCUT2D eigenvalue weighted by molar-refractivity contribution is 0.419. The molecular formula is C32H33F2N5O2. The highest BCUT2D eigenvalue weighted by Gasteiger charge is 2.23. The van der Waals surface area contributed by atoms with Gasteiger partial charge in [0.05, 0.1) is 11.6 Å². The minimum absolute atomic E-state index is 0.0984. The first-order valence-corrected chi connectivity index (χ1v) is 13.5. The first-order chi connectivity index (χ1) is 19.7. The van der Waals surface area contributed by atoms with Gasteiger partial charge < -0.3 is 5.11 Å². The number of nitrogens with zero attached hydrogens (tertiary/aromatic N) is 5. The summed E-state index contributed by atoms with van der Waals surface area (Å²) in [5, 5.41) is 16.4. The van der Waals surface area contributed by atoms with Gasteiger partial charge in [0, 0.05) is 55.8 Å². The quantitative estimate of drug-likeness (QED) is 0.176. The molecule has 2 aromatic carbocycles. The highest BCUT2D eigenvalue weighted by Crippen LogP contribution is 2.27. The molecule has 0 fully saturated rings. The average molecular weight is 558 g/mol. The smallest absolute Gasteiger partial charge is 0.261 e. The number of aromatic nitrogens is 3. The van der Waals surface area contributed by atoms with E-state index in [1.807, 2.05) is 57.2 Å². The topological polar surface area (TPSA) is 83.6 Å². The van der Waals surface area contributed by atoms with Gasteiger partial charge in [-0.2, -0.15) is 10.1 Å². The summed E-state index contributed by atoms with van der Waals surface area (Å²) in [6.07, 6.45) is 5.84. The van der Waals surface area contributed by atoms with Crippen LogP contribution in [-0.2, 0) is 12.8 Å². The van der Waals surface area contributed by atoms with Crippen LogP contribution in [0, 0.1) is 18.6 Å². The summed E-state index contributed by atoms with van der Waals surface area (Å²) >= 11 is 0. The fraction of sp³-hybridized carbons (Fsp3) is 0.250. The molecule has 4 aromatic rings. The zero-order chi connectivity index (χ0) is 29.5. The number of hydrogen-bond acceptors (Lipinski definition) is 6. The maximum Gasteiger partial charge on any atom is 0.261 e. The molecule has 0 aliphatic carbocycles. The van der Waals surface area contributed by atoms with Gasteiger partial charge in [0.1, 0.15) is 17.5 Å². The third-order valence-electron chi connectivity index (χ3n) is 6.96. The molecule has 212 valence electrons. The Morgan fingerprint density at radius 2 is 1.83 bits per heavy atom. The Hall–Kier alpha value is -4.66. The Morgan fingerprint density at radius 1 is 1.12 bits per heavy atom. The molecule has 0 amide bonds. The van der Waals surface area contributed by atoms with Crippen LogP contribution in [0.3, 0.4) is 0 Å². The van der Waals surface area contributed by atoms with Crippen LogP contribution in [0.1, 0.15) is 54.5 Å². The van der Waals surface area contributed by atoms with E-state index in [-0.39, 0.29) is 30.1 Å². The van der Waals surface area contributed by atoms with Crippen molar-refractivity contribution in [2.24, 2.45) is 5.10 Å². The van der Waals surface area contributed by atoms with Crippen LogP contribution in [0.15, 0.2) is 83.0 Å². The second kappa shape index (κ2) is 13.1. The van der Waals surface area contributed by atoms with E-state index in [4.69, 9.17) is 0 Å². The van der Waals surface area contributed by atoms with Crippen LogP contribution < -0.4 is 5.56 Å². The fourth-order valence-corrected chi connectivity index (χ4v) is 4.88. The molecule has 0 radical (unpaired) electrons. The number of aryl methyl sites for hydroxylation is 1. The summed E-state index contributed by atoms with van der Waals surface area (Å²) in [6.45, 7) is 9.78. The van der Waals surface area contributed by atoms with Crippen molar-refractivity contribution in [3.63, 3.8) is 0 Å². The van der Waals surface area contributed by atoms with Gasteiger partial charge in [-0.3, -0.25) is 19.4 Å². The second-order valence-corrected chi connectivity index (χ2v) is 9.63. The molecule has 2 aromatic heterocycles. The van der Waals surface area contributed by atoms with Crippen LogP contribution in [-0.4, -0.2) is 37.9 Å². The molecule has 0 saturated heterocycles. The van der Waals surface area contributed by atoms with Gasteiger partial charge in [-0.25, -0.2) is 8.78 Å². The summed E-state index contributed by atoms with van der Waals surface area (Å²) in [5.41, 5.74) is 3.61. The first-order valence-electron chi connectivity index (χ1n) is 13.5. The van der Waals surface area contributed by atoms with Gasteiger partial charge in [-0.05, 0) is 55.2 Å². The van der Waals surface area contributed by atoms with Crippen molar-refractivity contribution < 1.29 is 13.9 Å². The second-order valence-electron chi connectivity index (χ2n) is 9.63. The molecule has 0 spiro atoms. The molecule has 2 heterocycles. The molecule has 1 N–H and O–H groups in total. The normalized spacial score (nSPS) is 12.0. The molecule has 0 aliphatic heterocycles. The van der Waals surface area contributed by atoms with E-state index in [0.717, 1.165) is 28.5 Å². The van der Waals surface area contributed by atoms with Crippen molar-refractivity contribution in [3.8, 4) is 17.0 Å². The fourth-order valence-electron chi connectivity index (χ4n) is 4.88. The lowest BCUT2D eigenvalue weighted by Gasteiger charge is -2.23. The van der Waals surface area contributed by atoms with E-state index < -0.39 is 23.2 Å². The molecule has 0 aliphatic rings. The van der Waals surface area contributed by atoms with Gasteiger partial charge in [0.2, 0.25) is 5.88 Å². The van der Waals surface area contributed by atoms with Crippen LogP contribution in [0.5, 0.6) is 5.88 Å². The molecule has 0 saturated carbocycles. The number of pyridine rings is 1. The molecule has 7 nitrogen and oxygen atoms in total. The lowest BCUT2D eigenvalue weighted by atomic mass is 9.99. The molecule has 0 unspecified atom stereocenters. The third kappa shape index (κ3) is 6.74. The zero-order valence-electron chi connectivity index (χ0n) is 23.4. The van der Waals surface area contributed by atoms with E-state index in [2.05, 4.69) is 21.8 Å². The van der Waals surface area contributed by atoms with E-state index in [0.29, 0.717) is 18.5 Å². The van der Waals surface area contributed by atoms with Crippen LogP contribution >= 0.6 is 0 Å². The SMILES string of the molecule is C=NN(/C=C\Cc1nc(O)c(Cc2ccc(-c3cccnc3C)cc2)c(=O)n1[C@@H](CC)c1cc(F)cc(F)c1)CC. The predicted octanol–water partition coefficient (Wildman–Crippen LogP) is 6.18. The largest absolute Gasteiger partial charge is 0.493 e. The van der Waals surface area contributed by atoms with Crippen molar-refractivity contribution in [2.75, 3.05) is 6.54 Å². The molecule has 1 atom stereocenters. The molecule has 4 rings (SSSR count). The summed E-state index contributed by atoms with van der Waals surface area (Å²) in [6, 6.07) is 14.1. The number of benzene rings is 2. The van der Waals surface area contributed by atoms with Gasteiger partial charge in [0.25, 0.3) is 5.56 Å². The van der Waals surface area contributed by atoms with Crippen LogP contribution in [0.25, 0.3) is 11.1 Å². The van der Waals surface area contributed by atoms with Gasteiger partial charge >= 0.3 is 0 Å². The predicted molar refractivity (Wildman–Crippen MR) is 157 cm³/mol. The van der Waals surface area contributed by atoms with E-state index in [1.165, 1.54) is 16.7 Å². The van der Waals surface area contributed by atoms with E-state index >= 15 is 0 Å². The summed E-state index contributed by atoms with van der Waals surface area (Å²) in [7, 11) is 0. The van der Waals surface area contributed by atoms with Crippen molar-refractivity contribution in [3.05, 3.63) is 123 Å². The van der Waals surface area contributed by atoms with E-state index in [1.54, 1.807) is 23.5 Å². The van der Waals surface area contributed by atoms with E-state index in [9.17, 15) is 18.7 Å².